The predicted molar refractivity (Wildman–Crippen MR) is 73.2 cm³/mol. The maximum Gasteiger partial charge on any atom is 0.261 e. The second-order valence-electron chi connectivity index (χ2n) is 4.63. The molecule has 2 heterocycles. The summed E-state index contributed by atoms with van der Waals surface area (Å²) in [6, 6.07) is 2.03. The first-order chi connectivity index (χ1) is 9.28. The van der Waals surface area contributed by atoms with E-state index in [1.807, 2.05) is 17.6 Å². The van der Waals surface area contributed by atoms with Gasteiger partial charge in [0, 0.05) is 11.4 Å². The second-order valence-corrected chi connectivity index (χ2v) is 5.77. The van der Waals surface area contributed by atoms with Crippen molar-refractivity contribution in [3.05, 3.63) is 33.5 Å². The van der Waals surface area contributed by atoms with E-state index in [1.165, 1.54) is 16.9 Å². The Kier molecular flexibility index (Phi) is 3.33. The molecule has 100 valence electrons. The zero-order valence-corrected chi connectivity index (χ0v) is 11.7. The SMILES string of the molecule is CCn1cnnc1CNC(=O)c1cc2c(s1)CCC2. The van der Waals surface area contributed by atoms with Crippen LogP contribution in [-0.4, -0.2) is 20.7 Å². The Morgan fingerprint density at radius 2 is 2.42 bits per heavy atom. The van der Waals surface area contributed by atoms with Gasteiger partial charge < -0.3 is 9.88 Å². The van der Waals surface area contributed by atoms with Gasteiger partial charge in [0.15, 0.2) is 5.82 Å². The fourth-order valence-corrected chi connectivity index (χ4v) is 3.54. The van der Waals surface area contributed by atoms with Crippen molar-refractivity contribution in [3.8, 4) is 0 Å². The van der Waals surface area contributed by atoms with E-state index < -0.39 is 0 Å². The third-order valence-corrected chi connectivity index (χ3v) is 4.65. The van der Waals surface area contributed by atoms with Crippen LogP contribution in [0.3, 0.4) is 0 Å². The standard InChI is InChI=1S/C13H16N4OS/c1-2-17-8-15-16-12(17)7-14-13(18)11-6-9-4-3-5-10(9)19-11/h6,8H,2-5,7H2,1H3,(H,14,18). The van der Waals surface area contributed by atoms with Gasteiger partial charge in [0.2, 0.25) is 0 Å². The molecule has 0 atom stereocenters. The maximum absolute atomic E-state index is 12.1. The Morgan fingerprint density at radius 1 is 1.53 bits per heavy atom. The minimum Gasteiger partial charge on any atom is -0.344 e. The number of amides is 1. The van der Waals surface area contributed by atoms with Crippen LogP contribution in [-0.2, 0) is 25.9 Å². The van der Waals surface area contributed by atoms with Crippen LogP contribution in [0.2, 0.25) is 0 Å². The molecule has 0 saturated heterocycles. The first-order valence-corrected chi connectivity index (χ1v) is 7.36. The number of fused-ring (bicyclic) bond motifs is 1. The van der Waals surface area contributed by atoms with E-state index in [1.54, 1.807) is 17.7 Å². The number of aromatic nitrogens is 3. The molecule has 5 nitrogen and oxygen atoms in total. The van der Waals surface area contributed by atoms with Crippen LogP contribution in [0.25, 0.3) is 0 Å². The molecule has 2 aromatic heterocycles. The lowest BCUT2D eigenvalue weighted by molar-refractivity contribution is 0.0953. The van der Waals surface area contributed by atoms with Gasteiger partial charge in [-0.3, -0.25) is 4.79 Å². The molecular weight excluding hydrogens is 260 g/mol. The van der Waals surface area contributed by atoms with Gasteiger partial charge in [0.05, 0.1) is 11.4 Å². The molecule has 0 spiro atoms. The number of hydrogen-bond acceptors (Lipinski definition) is 4. The first kappa shape index (κ1) is 12.3. The average Bonchev–Trinajstić information content (AvgIpc) is 3.09. The smallest absolute Gasteiger partial charge is 0.261 e. The van der Waals surface area contributed by atoms with Crippen molar-refractivity contribution < 1.29 is 4.79 Å². The highest BCUT2D eigenvalue weighted by Crippen LogP contribution is 2.30. The number of carbonyl (C=O) groups is 1. The monoisotopic (exact) mass is 276 g/mol. The van der Waals surface area contributed by atoms with Crippen LogP contribution < -0.4 is 5.32 Å². The number of carbonyl (C=O) groups excluding carboxylic acids is 1. The van der Waals surface area contributed by atoms with E-state index in [4.69, 9.17) is 0 Å². The summed E-state index contributed by atoms with van der Waals surface area (Å²) in [5, 5.41) is 10.8. The molecule has 19 heavy (non-hydrogen) atoms. The molecule has 1 aliphatic carbocycles. The molecule has 1 N–H and O–H groups in total. The van der Waals surface area contributed by atoms with Crippen molar-refractivity contribution in [3.63, 3.8) is 0 Å². The fraction of sp³-hybridized carbons (Fsp3) is 0.462. The quantitative estimate of drug-likeness (QED) is 0.926. The lowest BCUT2D eigenvalue weighted by Crippen LogP contribution is -2.23. The van der Waals surface area contributed by atoms with Gasteiger partial charge in [-0.05, 0) is 37.8 Å². The number of aryl methyl sites for hydroxylation is 3. The normalized spacial score (nSPS) is 13.5. The lowest BCUT2D eigenvalue weighted by Gasteiger charge is -2.04. The molecular formula is C13H16N4OS. The molecule has 6 heteroatoms. The first-order valence-electron chi connectivity index (χ1n) is 6.54. The summed E-state index contributed by atoms with van der Waals surface area (Å²) in [5.74, 6) is 0.782. The Balaban J connectivity index is 1.65. The minimum atomic E-state index is -0.00921. The topological polar surface area (TPSA) is 59.8 Å². The summed E-state index contributed by atoms with van der Waals surface area (Å²) in [6.07, 6.45) is 5.14. The minimum absolute atomic E-state index is 0.00921. The second kappa shape index (κ2) is 5.13. The van der Waals surface area contributed by atoms with Gasteiger partial charge in [-0.15, -0.1) is 21.5 Å². The maximum atomic E-state index is 12.1. The highest BCUT2D eigenvalue weighted by molar-refractivity contribution is 7.14. The summed E-state index contributed by atoms with van der Waals surface area (Å²) >= 11 is 1.62. The van der Waals surface area contributed by atoms with Gasteiger partial charge in [0.25, 0.3) is 5.91 Å². The van der Waals surface area contributed by atoms with Crippen LogP contribution in [0.1, 0.15) is 39.3 Å². The Labute approximate surface area is 115 Å². The van der Waals surface area contributed by atoms with E-state index in [0.717, 1.165) is 30.1 Å². The number of rotatable bonds is 4. The van der Waals surface area contributed by atoms with Crippen LogP contribution >= 0.6 is 11.3 Å². The molecule has 1 amide bonds. The van der Waals surface area contributed by atoms with Crippen molar-refractivity contribution in [1.29, 1.82) is 0 Å². The molecule has 1 aliphatic rings. The van der Waals surface area contributed by atoms with Gasteiger partial charge in [-0.25, -0.2) is 0 Å². The molecule has 0 unspecified atom stereocenters. The van der Waals surface area contributed by atoms with Crippen molar-refractivity contribution in [2.24, 2.45) is 0 Å². The summed E-state index contributed by atoms with van der Waals surface area (Å²) < 4.78 is 1.93. The Hall–Kier alpha value is -1.69. The van der Waals surface area contributed by atoms with Gasteiger partial charge >= 0.3 is 0 Å². The zero-order valence-electron chi connectivity index (χ0n) is 10.8. The highest BCUT2D eigenvalue weighted by atomic mass is 32.1. The molecule has 0 radical (unpaired) electrons. The molecule has 3 rings (SSSR count). The van der Waals surface area contributed by atoms with Crippen molar-refractivity contribution in [2.75, 3.05) is 0 Å². The number of nitrogens with zero attached hydrogens (tertiary/aromatic N) is 3. The van der Waals surface area contributed by atoms with Crippen molar-refractivity contribution >= 4 is 17.2 Å². The largest absolute Gasteiger partial charge is 0.344 e. The number of hydrogen-bond donors (Lipinski definition) is 1. The van der Waals surface area contributed by atoms with E-state index in [9.17, 15) is 4.79 Å². The molecule has 0 saturated carbocycles. The van der Waals surface area contributed by atoms with E-state index in [-0.39, 0.29) is 5.91 Å². The molecule has 0 aliphatic heterocycles. The zero-order chi connectivity index (χ0) is 13.2. The molecule has 0 aromatic carbocycles. The third kappa shape index (κ3) is 2.40. The van der Waals surface area contributed by atoms with Crippen molar-refractivity contribution in [1.82, 2.24) is 20.1 Å². The molecule has 0 bridgehead atoms. The van der Waals surface area contributed by atoms with Gasteiger partial charge in [0.1, 0.15) is 6.33 Å². The Morgan fingerprint density at radius 3 is 3.21 bits per heavy atom. The van der Waals surface area contributed by atoms with Crippen molar-refractivity contribution in [2.45, 2.75) is 39.3 Å². The van der Waals surface area contributed by atoms with Crippen LogP contribution in [0.4, 0.5) is 0 Å². The molecule has 0 fully saturated rings. The third-order valence-electron chi connectivity index (χ3n) is 3.41. The predicted octanol–water partition coefficient (Wildman–Crippen LogP) is 1.78. The lowest BCUT2D eigenvalue weighted by atomic mass is 10.2. The molecule has 2 aromatic rings. The Bertz CT molecular complexity index is 580. The van der Waals surface area contributed by atoms with Crippen LogP contribution in [0.5, 0.6) is 0 Å². The van der Waals surface area contributed by atoms with E-state index in [0.29, 0.717) is 6.54 Å². The summed E-state index contributed by atoms with van der Waals surface area (Å²) in [7, 11) is 0. The highest BCUT2D eigenvalue weighted by Gasteiger charge is 2.18. The van der Waals surface area contributed by atoms with Crippen LogP contribution in [0.15, 0.2) is 12.4 Å². The van der Waals surface area contributed by atoms with E-state index in [2.05, 4.69) is 15.5 Å². The summed E-state index contributed by atoms with van der Waals surface area (Å²) in [4.78, 5) is 14.3. The van der Waals surface area contributed by atoms with Gasteiger partial charge in [-0.1, -0.05) is 0 Å². The van der Waals surface area contributed by atoms with Crippen LogP contribution in [0, 0.1) is 0 Å². The number of nitrogens with one attached hydrogen (secondary N) is 1. The summed E-state index contributed by atoms with van der Waals surface area (Å²) in [6.45, 7) is 3.26. The van der Waals surface area contributed by atoms with E-state index >= 15 is 0 Å². The summed E-state index contributed by atoms with van der Waals surface area (Å²) in [5.41, 5.74) is 1.35. The number of thiophene rings is 1. The van der Waals surface area contributed by atoms with Gasteiger partial charge in [-0.2, -0.15) is 0 Å². The average molecular weight is 276 g/mol. The fourth-order valence-electron chi connectivity index (χ4n) is 2.37.